The van der Waals surface area contributed by atoms with Gasteiger partial charge in [0.15, 0.2) is 6.61 Å². The molecule has 0 atom stereocenters. The minimum Gasteiger partial charge on any atom is -0.482 e. The third kappa shape index (κ3) is 6.62. The highest BCUT2D eigenvalue weighted by Crippen LogP contribution is 2.30. The first-order valence-corrected chi connectivity index (χ1v) is 7.64. The number of anilines is 1. The fourth-order valence-corrected chi connectivity index (χ4v) is 2.18. The van der Waals surface area contributed by atoms with Gasteiger partial charge in [0.1, 0.15) is 11.6 Å². The summed E-state index contributed by atoms with van der Waals surface area (Å²) >= 11 is 5.81. The summed E-state index contributed by atoms with van der Waals surface area (Å²) in [5.41, 5.74) is 0.817. The zero-order chi connectivity index (χ0) is 18.4. The molecule has 0 bridgehead atoms. The average molecular weight is 376 g/mol. The van der Waals surface area contributed by atoms with Crippen LogP contribution in [0.25, 0.3) is 0 Å². The van der Waals surface area contributed by atoms with Gasteiger partial charge >= 0.3 is 6.18 Å². The van der Waals surface area contributed by atoms with Crippen molar-refractivity contribution >= 4 is 23.2 Å². The summed E-state index contributed by atoms with van der Waals surface area (Å²) in [6, 6.07) is 9.61. The molecule has 8 heteroatoms. The van der Waals surface area contributed by atoms with Gasteiger partial charge in [-0.05, 0) is 42.3 Å². The van der Waals surface area contributed by atoms with Crippen molar-refractivity contribution in [2.45, 2.75) is 19.0 Å². The molecule has 25 heavy (non-hydrogen) atoms. The van der Waals surface area contributed by atoms with Crippen LogP contribution in [0.4, 0.5) is 23.2 Å². The minimum absolute atomic E-state index is 0.0563. The van der Waals surface area contributed by atoms with Crippen molar-refractivity contribution in [2.24, 2.45) is 0 Å². The number of halogens is 5. The molecule has 3 nitrogen and oxygen atoms in total. The number of hydrogen-bond acceptors (Lipinski definition) is 2. The molecule has 0 fully saturated rings. The molecule has 2 aromatic carbocycles. The third-order valence-electron chi connectivity index (χ3n) is 3.16. The van der Waals surface area contributed by atoms with E-state index in [2.05, 4.69) is 5.32 Å². The number of carbonyl (C=O) groups excluding carboxylic acids is 1. The van der Waals surface area contributed by atoms with E-state index in [0.29, 0.717) is 6.42 Å². The Labute approximate surface area is 146 Å². The van der Waals surface area contributed by atoms with Crippen LogP contribution in [0.15, 0.2) is 42.5 Å². The van der Waals surface area contributed by atoms with E-state index < -0.39 is 18.7 Å². The lowest BCUT2D eigenvalue weighted by atomic mass is 10.1. The van der Waals surface area contributed by atoms with E-state index in [9.17, 15) is 22.4 Å². The second kappa shape index (κ2) is 8.20. The molecule has 0 aliphatic carbocycles. The van der Waals surface area contributed by atoms with Crippen LogP contribution in [-0.2, 0) is 11.2 Å². The summed E-state index contributed by atoms with van der Waals surface area (Å²) in [7, 11) is 0. The van der Waals surface area contributed by atoms with E-state index in [1.54, 1.807) is 12.1 Å². The largest absolute Gasteiger partial charge is 0.482 e. The number of rotatable bonds is 6. The molecule has 2 aromatic rings. The van der Waals surface area contributed by atoms with E-state index in [1.807, 2.05) is 0 Å². The number of carbonyl (C=O) groups is 1. The van der Waals surface area contributed by atoms with Crippen LogP contribution < -0.4 is 10.1 Å². The smallest absolute Gasteiger partial charge is 0.422 e. The number of nitrogens with one attached hydrogen (secondary N) is 1. The zero-order valence-corrected chi connectivity index (χ0v) is 13.6. The Morgan fingerprint density at radius 3 is 2.44 bits per heavy atom. The summed E-state index contributed by atoms with van der Waals surface area (Å²) < 4.78 is 54.4. The van der Waals surface area contributed by atoms with Gasteiger partial charge < -0.3 is 10.1 Å². The molecule has 0 radical (unpaired) electrons. The van der Waals surface area contributed by atoms with Crippen molar-refractivity contribution in [3.05, 3.63) is 58.9 Å². The Morgan fingerprint density at radius 2 is 1.80 bits per heavy atom. The number of ether oxygens (including phenoxy) is 1. The number of benzene rings is 2. The summed E-state index contributed by atoms with van der Waals surface area (Å²) in [5.74, 6) is -0.932. The van der Waals surface area contributed by atoms with E-state index in [-0.39, 0.29) is 28.7 Å². The predicted molar refractivity (Wildman–Crippen MR) is 86.4 cm³/mol. The van der Waals surface area contributed by atoms with Gasteiger partial charge in [-0.2, -0.15) is 13.2 Å². The number of alkyl halides is 3. The van der Waals surface area contributed by atoms with Crippen molar-refractivity contribution < 1.29 is 27.1 Å². The van der Waals surface area contributed by atoms with E-state index in [1.165, 1.54) is 30.3 Å². The van der Waals surface area contributed by atoms with Crippen molar-refractivity contribution in [3.8, 4) is 5.75 Å². The Bertz CT molecular complexity index is 732. The fraction of sp³-hybridized carbons (Fsp3) is 0.235. The average Bonchev–Trinajstić information content (AvgIpc) is 2.53. The molecule has 134 valence electrons. The summed E-state index contributed by atoms with van der Waals surface area (Å²) in [5, 5.41) is 2.72. The monoisotopic (exact) mass is 375 g/mol. The molecule has 0 aliphatic heterocycles. The van der Waals surface area contributed by atoms with Crippen LogP contribution >= 0.6 is 11.6 Å². The Hall–Kier alpha value is -2.28. The first-order valence-electron chi connectivity index (χ1n) is 7.26. The Kier molecular flexibility index (Phi) is 6.25. The maximum absolute atomic E-state index is 12.8. The lowest BCUT2D eigenvalue weighted by Crippen LogP contribution is -2.20. The first-order chi connectivity index (χ1) is 11.7. The topological polar surface area (TPSA) is 38.3 Å². The molecule has 0 aromatic heterocycles. The fourth-order valence-electron chi connectivity index (χ4n) is 2.01. The summed E-state index contributed by atoms with van der Waals surface area (Å²) in [6.45, 7) is -1.48. The second-order valence-corrected chi connectivity index (χ2v) is 5.66. The summed E-state index contributed by atoms with van der Waals surface area (Å²) in [4.78, 5) is 12.0. The van der Waals surface area contributed by atoms with Crippen LogP contribution in [0.1, 0.15) is 12.0 Å². The van der Waals surface area contributed by atoms with Crippen LogP contribution in [0, 0.1) is 5.82 Å². The van der Waals surface area contributed by atoms with Crippen LogP contribution in [0.5, 0.6) is 5.75 Å². The molecule has 0 saturated heterocycles. The summed E-state index contributed by atoms with van der Waals surface area (Å²) in [6.07, 6.45) is -4.08. The van der Waals surface area contributed by atoms with Crippen molar-refractivity contribution in [3.63, 3.8) is 0 Å². The van der Waals surface area contributed by atoms with E-state index in [0.717, 1.165) is 5.56 Å². The standard InChI is InChI=1S/C17H14ClF4NO2/c18-12-4-7-15(25-10-17(20,21)22)14(9-12)23-16(24)8-3-11-1-5-13(19)6-2-11/h1-2,4-7,9H,3,8,10H2,(H,23,24). The normalized spacial score (nSPS) is 11.2. The van der Waals surface area contributed by atoms with Gasteiger partial charge in [-0.1, -0.05) is 23.7 Å². The number of amides is 1. The Balaban J connectivity index is 1.98. The second-order valence-electron chi connectivity index (χ2n) is 5.22. The highest BCUT2D eigenvalue weighted by molar-refractivity contribution is 6.31. The van der Waals surface area contributed by atoms with Crippen molar-refractivity contribution in [1.29, 1.82) is 0 Å². The van der Waals surface area contributed by atoms with Crippen LogP contribution in [0.3, 0.4) is 0 Å². The number of hydrogen-bond donors (Lipinski definition) is 1. The quantitative estimate of drug-likeness (QED) is 0.722. The van der Waals surface area contributed by atoms with E-state index in [4.69, 9.17) is 16.3 Å². The molecular formula is C17H14ClF4NO2. The van der Waals surface area contributed by atoms with Gasteiger partial charge in [-0.25, -0.2) is 4.39 Å². The van der Waals surface area contributed by atoms with Gasteiger partial charge in [-0.3, -0.25) is 4.79 Å². The lowest BCUT2D eigenvalue weighted by Gasteiger charge is -2.14. The van der Waals surface area contributed by atoms with Gasteiger partial charge in [0.2, 0.25) is 5.91 Å². The molecule has 0 spiro atoms. The third-order valence-corrected chi connectivity index (χ3v) is 3.40. The molecule has 0 heterocycles. The molecule has 0 unspecified atom stereocenters. The van der Waals surface area contributed by atoms with Gasteiger partial charge in [0, 0.05) is 11.4 Å². The Morgan fingerprint density at radius 1 is 1.12 bits per heavy atom. The molecular weight excluding hydrogens is 362 g/mol. The van der Waals surface area contributed by atoms with Crippen molar-refractivity contribution in [1.82, 2.24) is 0 Å². The van der Waals surface area contributed by atoms with E-state index >= 15 is 0 Å². The maximum Gasteiger partial charge on any atom is 0.422 e. The molecule has 0 saturated carbocycles. The first kappa shape index (κ1) is 19.1. The zero-order valence-electron chi connectivity index (χ0n) is 12.9. The molecule has 1 N–H and O–H groups in total. The highest BCUT2D eigenvalue weighted by atomic mass is 35.5. The molecule has 0 aliphatic rings. The van der Waals surface area contributed by atoms with Gasteiger partial charge in [-0.15, -0.1) is 0 Å². The van der Waals surface area contributed by atoms with Crippen LogP contribution in [0.2, 0.25) is 5.02 Å². The lowest BCUT2D eigenvalue weighted by molar-refractivity contribution is -0.153. The predicted octanol–water partition coefficient (Wildman–Crippen LogP) is 4.99. The number of aryl methyl sites for hydroxylation is 1. The molecule has 1 amide bonds. The van der Waals surface area contributed by atoms with Crippen LogP contribution in [-0.4, -0.2) is 18.7 Å². The van der Waals surface area contributed by atoms with Crippen molar-refractivity contribution in [2.75, 3.05) is 11.9 Å². The van der Waals surface area contributed by atoms with Gasteiger partial charge in [0.05, 0.1) is 5.69 Å². The molecule has 2 rings (SSSR count). The van der Waals surface area contributed by atoms with Gasteiger partial charge in [0.25, 0.3) is 0 Å². The highest BCUT2D eigenvalue weighted by Gasteiger charge is 2.29. The SMILES string of the molecule is O=C(CCc1ccc(F)cc1)Nc1cc(Cl)ccc1OCC(F)(F)F. The maximum atomic E-state index is 12.8. The minimum atomic E-state index is -4.50.